The second-order valence-corrected chi connectivity index (χ2v) is 4.29. The average molecular weight is 200 g/mol. The van der Waals surface area contributed by atoms with Crippen molar-refractivity contribution in [3.05, 3.63) is 0 Å². The second-order valence-electron chi connectivity index (χ2n) is 4.29. The third kappa shape index (κ3) is 2.45. The maximum Gasteiger partial charge on any atom is 0.0975 e. The number of hydrazine groups is 1. The molecular formula is C10H20N2O2. The van der Waals surface area contributed by atoms with E-state index in [0.717, 1.165) is 18.9 Å². The molecule has 82 valence electrons. The summed E-state index contributed by atoms with van der Waals surface area (Å²) in [6.07, 6.45) is 5.36. The van der Waals surface area contributed by atoms with Crippen LogP contribution in [0.15, 0.2) is 0 Å². The van der Waals surface area contributed by atoms with Gasteiger partial charge in [-0.25, -0.2) is 0 Å². The summed E-state index contributed by atoms with van der Waals surface area (Å²) in [7, 11) is 0. The zero-order valence-corrected chi connectivity index (χ0v) is 8.58. The minimum Gasteiger partial charge on any atom is -0.376 e. The Kier molecular flexibility index (Phi) is 3.75. The number of nitrogens with two attached hydrogens (primary N) is 1. The van der Waals surface area contributed by atoms with Crippen molar-refractivity contribution < 1.29 is 9.47 Å². The standard InChI is InChI=1S/C10H20N2O2/c11-12-9(6-8-2-1-3-8)10-7-13-4-5-14-10/h8-10,12H,1-7,11H2. The summed E-state index contributed by atoms with van der Waals surface area (Å²) in [4.78, 5) is 0. The summed E-state index contributed by atoms with van der Waals surface area (Å²) in [5, 5.41) is 0. The van der Waals surface area contributed by atoms with E-state index < -0.39 is 0 Å². The van der Waals surface area contributed by atoms with Gasteiger partial charge in [0.25, 0.3) is 0 Å². The van der Waals surface area contributed by atoms with Crippen molar-refractivity contribution >= 4 is 0 Å². The van der Waals surface area contributed by atoms with Crippen molar-refractivity contribution in [3.8, 4) is 0 Å². The monoisotopic (exact) mass is 200 g/mol. The summed E-state index contributed by atoms with van der Waals surface area (Å²) in [6, 6.07) is 0.264. The Balaban J connectivity index is 1.77. The molecule has 0 spiro atoms. The largest absolute Gasteiger partial charge is 0.376 e. The third-order valence-electron chi connectivity index (χ3n) is 3.32. The number of hydrogen-bond donors (Lipinski definition) is 2. The first-order chi connectivity index (χ1) is 6.90. The van der Waals surface area contributed by atoms with Crippen molar-refractivity contribution in [3.63, 3.8) is 0 Å². The SMILES string of the molecule is NNC(CC1CCC1)C1COCCO1. The minimum absolute atomic E-state index is 0.148. The van der Waals surface area contributed by atoms with E-state index in [0.29, 0.717) is 13.2 Å². The van der Waals surface area contributed by atoms with Crippen LogP contribution in [-0.2, 0) is 9.47 Å². The summed E-state index contributed by atoms with van der Waals surface area (Å²) in [5.74, 6) is 6.39. The zero-order valence-electron chi connectivity index (χ0n) is 8.58. The topological polar surface area (TPSA) is 56.5 Å². The van der Waals surface area contributed by atoms with Crippen LogP contribution in [0, 0.1) is 5.92 Å². The van der Waals surface area contributed by atoms with Crippen molar-refractivity contribution in [2.75, 3.05) is 19.8 Å². The average Bonchev–Trinajstić information content (AvgIpc) is 2.18. The van der Waals surface area contributed by atoms with E-state index in [1.807, 2.05) is 0 Å². The predicted molar refractivity (Wildman–Crippen MR) is 53.6 cm³/mol. The van der Waals surface area contributed by atoms with Gasteiger partial charge in [0, 0.05) is 6.04 Å². The lowest BCUT2D eigenvalue weighted by Gasteiger charge is -2.35. The molecule has 3 N–H and O–H groups in total. The van der Waals surface area contributed by atoms with Crippen LogP contribution in [0.25, 0.3) is 0 Å². The fraction of sp³-hybridized carbons (Fsp3) is 1.00. The highest BCUT2D eigenvalue weighted by atomic mass is 16.6. The Labute approximate surface area is 85.1 Å². The first kappa shape index (κ1) is 10.4. The first-order valence-corrected chi connectivity index (χ1v) is 5.55. The highest BCUT2D eigenvalue weighted by molar-refractivity contribution is 4.82. The highest BCUT2D eigenvalue weighted by Gasteiger charge is 2.29. The fourth-order valence-corrected chi connectivity index (χ4v) is 2.15. The van der Waals surface area contributed by atoms with Gasteiger partial charge in [-0.2, -0.15) is 0 Å². The van der Waals surface area contributed by atoms with Gasteiger partial charge in [-0.15, -0.1) is 0 Å². The van der Waals surface area contributed by atoms with E-state index in [-0.39, 0.29) is 12.1 Å². The zero-order chi connectivity index (χ0) is 9.80. The quantitative estimate of drug-likeness (QED) is 0.510. The molecule has 0 radical (unpaired) electrons. The molecule has 1 saturated heterocycles. The van der Waals surface area contributed by atoms with E-state index in [2.05, 4.69) is 5.43 Å². The van der Waals surface area contributed by atoms with Crippen LogP contribution in [0.3, 0.4) is 0 Å². The summed E-state index contributed by atoms with van der Waals surface area (Å²) in [5.41, 5.74) is 2.87. The van der Waals surface area contributed by atoms with Gasteiger partial charge in [0.05, 0.1) is 25.9 Å². The summed E-state index contributed by atoms with van der Waals surface area (Å²) in [6.45, 7) is 2.10. The Bertz CT molecular complexity index is 168. The predicted octanol–water partition coefficient (Wildman–Crippen LogP) is 0.424. The van der Waals surface area contributed by atoms with Crippen LogP contribution in [0.4, 0.5) is 0 Å². The van der Waals surface area contributed by atoms with Gasteiger partial charge in [-0.3, -0.25) is 11.3 Å². The van der Waals surface area contributed by atoms with Crippen molar-refractivity contribution in [2.45, 2.75) is 37.8 Å². The van der Waals surface area contributed by atoms with Gasteiger partial charge in [-0.1, -0.05) is 19.3 Å². The van der Waals surface area contributed by atoms with Crippen LogP contribution < -0.4 is 11.3 Å². The molecule has 1 aliphatic heterocycles. The number of nitrogens with one attached hydrogen (secondary N) is 1. The Hall–Kier alpha value is -0.160. The fourth-order valence-electron chi connectivity index (χ4n) is 2.15. The Morgan fingerprint density at radius 2 is 2.21 bits per heavy atom. The number of hydrogen-bond acceptors (Lipinski definition) is 4. The van der Waals surface area contributed by atoms with Crippen LogP contribution in [0.5, 0.6) is 0 Å². The molecule has 0 aromatic heterocycles. The molecule has 1 saturated carbocycles. The summed E-state index contributed by atoms with van der Waals surface area (Å²) < 4.78 is 11.0. The molecule has 14 heavy (non-hydrogen) atoms. The van der Waals surface area contributed by atoms with Crippen LogP contribution in [0.1, 0.15) is 25.7 Å². The molecule has 2 aliphatic rings. The molecule has 4 heteroatoms. The van der Waals surface area contributed by atoms with E-state index in [1.54, 1.807) is 0 Å². The van der Waals surface area contributed by atoms with Crippen LogP contribution in [0.2, 0.25) is 0 Å². The Morgan fingerprint density at radius 3 is 2.71 bits per heavy atom. The number of rotatable bonds is 4. The van der Waals surface area contributed by atoms with Crippen molar-refractivity contribution in [1.82, 2.24) is 5.43 Å². The van der Waals surface area contributed by atoms with Crippen LogP contribution >= 0.6 is 0 Å². The van der Waals surface area contributed by atoms with E-state index in [1.165, 1.54) is 19.3 Å². The maximum absolute atomic E-state index is 5.63. The van der Waals surface area contributed by atoms with Gasteiger partial charge < -0.3 is 9.47 Å². The number of ether oxygens (including phenoxy) is 2. The van der Waals surface area contributed by atoms with E-state index >= 15 is 0 Å². The van der Waals surface area contributed by atoms with Crippen molar-refractivity contribution in [2.24, 2.45) is 11.8 Å². The molecule has 0 bridgehead atoms. The molecule has 1 heterocycles. The molecule has 0 amide bonds. The van der Waals surface area contributed by atoms with Gasteiger partial charge in [0.15, 0.2) is 0 Å². The summed E-state index contributed by atoms with van der Waals surface area (Å²) >= 11 is 0. The lowest BCUT2D eigenvalue weighted by molar-refractivity contribution is -0.105. The Morgan fingerprint density at radius 1 is 1.36 bits per heavy atom. The molecule has 2 atom stereocenters. The highest BCUT2D eigenvalue weighted by Crippen LogP contribution is 2.31. The molecule has 2 fully saturated rings. The molecular weight excluding hydrogens is 180 g/mol. The van der Waals surface area contributed by atoms with Gasteiger partial charge in [0.1, 0.15) is 0 Å². The van der Waals surface area contributed by atoms with Gasteiger partial charge in [0.2, 0.25) is 0 Å². The molecule has 2 rings (SSSR count). The first-order valence-electron chi connectivity index (χ1n) is 5.55. The maximum atomic E-state index is 5.63. The lowest BCUT2D eigenvalue weighted by Crippen LogP contribution is -2.50. The van der Waals surface area contributed by atoms with E-state index in [9.17, 15) is 0 Å². The second kappa shape index (κ2) is 5.07. The third-order valence-corrected chi connectivity index (χ3v) is 3.32. The molecule has 4 nitrogen and oxygen atoms in total. The van der Waals surface area contributed by atoms with Gasteiger partial charge >= 0.3 is 0 Å². The normalized spacial score (nSPS) is 31.1. The minimum atomic E-state index is 0.148. The lowest BCUT2D eigenvalue weighted by atomic mass is 9.80. The molecule has 2 unspecified atom stereocenters. The van der Waals surface area contributed by atoms with Crippen molar-refractivity contribution in [1.29, 1.82) is 0 Å². The molecule has 1 aliphatic carbocycles. The molecule has 0 aromatic carbocycles. The van der Waals surface area contributed by atoms with E-state index in [4.69, 9.17) is 15.3 Å². The smallest absolute Gasteiger partial charge is 0.0975 e. The van der Waals surface area contributed by atoms with Gasteiger partial charge in [-0.05, 0) is 12.3 Å². The van der Waals surface area contributed by atoms with Crippen LogP contribution in [-0.4, -0.2) is 32.0 Å². The molecule has 0 aromatic rings.